The van der Waals surface area contributed by atoms with E-state index in [2.05, 4.69) is 20.7 Å². The van der Waals surface area contributed by atoms with Gasteiger partial charge in [-0.15, -0.1) is 0 Å². The molecule has 0 aromatic heterocycles. The molecule has 0 spiro atoms. The summed E-state index contributed by atoms with van der Waals surface area (Å²) in [4.78, 5) is 0. The molecule has 0 aromatic carbocycles. The van der Waals surface area contributed by atoms with Crippen molar-refractivity contribution in [1.29, 1.82) is 5.26 Å². The fraction of sp³-hybridized carbons (Fsp3) is 0.750. The molecule has 0 saturated carbocycles. The number of sulfonamides is 1. The van der Waals surface area contributed by atoms with Gasteiger partial charge in [0.2, 0.25) is 10.0 Å². The molecule has 4 nitrogen and oxygen atoms in total. The van der Waals surface area contributed by atoms with Crippen LogP contribution in [0.15, 0.2) is 0 Å². The van der Waals surface area contributed by atoms with Gasteiger partial charge in [0.15, 0.2) is 0 Å². The minimum absolute atomic E-state index is 0.120. The van der Waals surface area contributed by atoms with Crippen molar-refractivity contribution in [1.82, 2.24) is 4.72 Å². The third kappa shape index (κ3) is 4.73. The lowest BCUT2D eigenvalue weighted by Gasteiger charge is -1.97. The summed E-state index contributed by atoms with van der Waals surface area (Å²) in [5.74, 6) is 0. The molecule has 10 heavy (non-hydrogen) atoms. The van der Waals surface area contributed by atoms with Crippen molar-refractivity contribution in [3.63, 3.8) is 0 Å². The third-order valence-corrected chi connectivity index (χ3v) is 3.44. The Balaban J connectivity index is 3.61. The molecule has 0 saturated heterocycles. The van der Waals surface area contributed by atoms with E-state index in [1.807, 2.05) is 6.07 Å². The highest BCUT2D eigenvalue weighted by atomic mass is 79.9. The summed E-state index contributed by atoms with van der Waals surface area (Å²) in [7, 11) is -3.18. The molecule has 0 aromatic rings. The van der Waals surface area contributed by atoms with Crippen molar-refractivity contribution in [2.75, 3.05) is 11.2 Å². The molecule has 58 valence electrons. The highest BCUT2D eigenvalue weighted by Crippen LogP contribution is 1.89. The zero-order valence-electron chi connectivity index (χ0n) is 5.17. The second kappa shape index (κ2) is 4.66. The van der Waals surface area contributed by atoms with Crippen molar-refractivity contribution in [2.45, 2.75) is 6.42 Å². The van der Waals surface area contributed by atoms with Gasteiger partial charge in [-0.05, 0) is 0 Å². The van der Waals surface area contributed by atoms with Crippen LogP contribution < -0.4 is 4.72 Å². The van der Waals surface area contributed by atoms with E-state index < -0.39 is 10.0 Å². The maximum Gasteiger partial charge on any atom is 0.221 e. The normalized spacial score (nSPS) is 10.8. The maximum atomic E-state index is 10.6. The van der Waals surface area contributed by atoms with Crippen molar-refractivity contribution in [3.05, 3.63) is 0 Å². The van der Waals surface area contributed by atoms with Gasteiger partial charge in [0.1, 0.15) is 4.66 Å². The smallest absolute Gasteiger partial charge is 0.213 e. The first-order valence-electron chi connectivity index (χ1n) is 2.52. The lowest BCUT2D eigenvalue weighted by molar-refractivity contribution is 0.587. The molecule has 0 aliphatic rings. The number of nitriles is 1. The number of nitrogens with one attached hydrogen (secondary N) is 1. The molecule has 1 N–H and O–H groups in total. The van der Waals surface area contributed by atoms with Gasteiger partial charge in [0.25, 0.3) is 0 Å². The van der Waals surface area contributed by atoms with E-state index in [1.54, 1.807) is 0 Å². The molecule has 0 bridgehead atoms. The monoisotopic (exact) mass is 226 g/mol. The Morgan fingerprint density at radius 2 is 2.20 bits per heavy atom. The predicted molar refractivity (Wildman–Crippen MR) is 40.9 cm³/mol. The van der Waals surface area contributed by atoms with Crippen LogP contribution in [0.4, 0.5) is 0 Å². The summed E-state index contributed by atoms with van der Waals surface area (Å²) in [6.45, 7) is 0.185. The fourth-order valence-electron chi connectivity index (χ4n) is 0.301. The molecule has 0 aliphatic carbocycles. The summed E-state index contributed by atoms with van der Waals surface area (Å²) < 4.78 is 23.3. The standard InChI is InChI=1S/C4H7BrN2O2S/c5-4-10(8,9)7-3-1-2-6/h7H,1,3-4H2. The number of hydrogen-bond acceptors (Lipinski definition) is 3. The maximum absolute atomic E-state index is 10.6. The lowest BCUT2D eigenvalue weighted by Crippen LogP contribution is -2.24. The van der Waals surface area contributed by atoms with Crippen molar-refractivity contribution in [3.8, 4) is 6.07 Å². The van der Waals surface area contributed by atoms with Gasteiger partial charge in [-0.3, -0.25) is 0 Å². The van der Waals surface area contributed by atoms with Crippen LogP contribution in [0.3, 0.4) is 0 Å². The van der Waals surface area contributed by atoms with Crippen LogP contribution in [-0.2, 0) is 10.0 Å². The summed E-state index contributed by atoms with van der Waals surface area (Å²) >= 11 is 2.79. The van der Waals surface area contributed by atoms with Gasteiger partial charge in [0, 0.05) is 13.0 Å². The highest BCUT2D eigenvalue weighted by Gasteiger charge is 2.04. The first-order chi connectivity index (χ1) is 4.62. The van der Waals surface area contributed by atoms with Crippen LogP contribution in [0.25, 0.3) is 0 Å². The van der Waals surface area contributed by atoms with Crippen LogP contribution in [0, 0.1) is 11.3 Å². The Morgan fingerprint density at radius 3 is 2.60 bits per heavy atom. The van der Waals surface area contributed by atoms with Gasteiger partial charge in [0.05, 0.1) is 6.07 Å². The van der Waals surface area contributed by atoms with Crippen LogP contribution in [0.1, 0.15) is 6.42 Å². The van der Waals surface area contributed by atoms with E-state index in [4.69, 9.17) is 5.26 Å². The topological polar surface area (TPSA) is 70.0 Å². The SMILES string of the molecule is N#CCCNS(=O)(=O)CBr. The van der Waals surface area contributed by atoms with Gasteiger partial charge in [-0.1, -0.05) is 15.9 Å². The van der Waals surface area contributed by atoms with Gasteiger partial charge in [-0.2, -0.15) is 5.26 Å². The van der Waals surface area contributed by atoms with Crippen molar-refractivity contribution in [2.24, 2.45) is 0 Å². The van der Waals surface area contributed by atoms with E-state index >= 15 is 0 Å². The molecule has 0 radical (unpaired) electrons. The third-order valence-electron chi connectivity index (χ3n) is 0.702. The Morgan fingerprint density at radius 1 is 1.60 bits per heavy atom. The number of hydrogen-bond donors (Lipinski definition) is 1. The first-order valence-corrected chi connectivity index (χ1v) is 5.30. The average Bonchev–Trinajstić information content (AvgIpc) is 1.89. The minimum Gasteiger partial charge on any atom is -0.213 e. The Labute approximate surface area is 68.4 Å². The van der Waals surface area contributed by atoms with E-state index in [9.17, 15) is 8.42 Å². The Kier molecular flexibility index (Phi) is 4.60. The zero-order valence-corrected chi connectivity index (χ0v) is 7.57. The zero-order chi connectivity index (χ0) is 8.04. The van der Waals surface area contributed by atoms with E-state index in [1.165, 1.54) is 0 Å². The molecule has 6 heteroatoms. The number of alkyl halides is 1. The van der Waals surface area contributed by atoms with Crippen LogP contribution in [-0.4, -0.2) is 19.6 Å². The molecule has 0 heterocycles. The molecule has 0 fully saturated rings. The van der Waals surface area contributed by atoms with Gasteiger partial charge in [-0.25, -0.2) is 13.1 Å². The Bertz CT molecular complexity index is 218. The van der Waals surface area contributed by atoms with E-state index in [0.717, 1.165) is 0 Å². The van der Waals surface area contributed by atoms with E-state index in [0.29, 0.717) is 0 Å². The summed E-state index contributed by atoms with van der Waals surface area (Å²) in [5, 5.41) is 8.04. The molecule has 0 rings (SSSR count). The van der Waals surface area contributed by atoms with Gasteiger partial charge >= 0.3 is 0 Å². The van der Waals surface area contributed by atoms with Crippen LogP contribution in [0.5, 0.6) is 0 Å². The average molecular weight is 227 g/mol. The minimum atomic E-state index is -3.18. The highest BCUT2D eigenvalue weighted by molar-refractivity contribution is 9.10. The van der Waals surface area contributed by atoms with Crippen LogP contribution >= 0.6 is 15.9 Å². The second-order valence-corrected chi connectivity index (χ2v) is 4.64. The molecular weight excluding hydrogens is 220 g/mol. The van der Waals surface area contributed by atoms with Crippen molar-refractivity contribution < 1.29 is 8.42 Å². The van der Waals surface area contributed by atoms with Crippen LogP contribution in [0.2, 0.25) is 0 Å². The number of rotatable bonds is 4. The molecular formula is C4H7BrN2O2S. The van der Waals surface area contributed by atoms with Gasteiger partial charge < -0.3 is 0 Å². The number of halogens is 1. The first kappa shape index (κ1) is 9.88. The second-order valence-electron chi connectivity index (χ2n) is 1.53. The predicted octanol–water partition coefficient (Wildman–Crippen LogP) is 0.172. The van der Waals surface area contributed by atoms with Crippen molar-refractivity contribution >= 4 is 26.0 Å². The molecule has 0 amide bonds. The molecule has 0 aliphatic heterocycles. The summed E-state index contributed by atoms with van der Waals surface area (Å²) in [6, 6.07) is 1.82. The lowest BCUT2D eigenvalue weighted by atomic mass is 10.5. The molecule has 0 unspecified atom stereocenters. The van der Waals surface area contributed by atoms with E-state index in [-0.39, 0.29) is 17.6 Å². The summed E-state index contributed by atoms with van der Waals surface area (Å²) in [6.07, 6.45) is 0.201. The largest absolute Gasteiger partial charge is 0.221 e. The summed E-state index contributed by atoms with van der Waals surface area (Å²) in [5.41, 5.74) is 0. The number of nitrogens with zero attached hydrogens (tertiary/aromatic N) is 1. The fourth-order valence-corrected chi connectivity index (χ4v) is 1.28. The Hall–Kier alpha value is -0.120. The quantitative estimate of drug-likeness (QED) is 0.549. The molecule has 0 atom stereocenters.